The van der Waals surface area contributed by atoms with Crippen molar-refractivity contribution in [1.29, 1.82) is 0 Å². The molecule has 110 valence electrons. The van der Waals surface area contributed by atoms with Gasteiger partial charge >= 0.3 is 0 Å². The molecule has 1 unspecified atom stereocenters. The van der Waals surface area contributed by atoms with E-state index >= 15 is 0 Å². The van der Waals surface area contributed by atoms with E-state index in [2.05, 4.69) is 6.92 Å². The highest BCUT2D eigenvalue weighted by molar-refractivity contribution is 4.68. The molecule has 0 heterocycles. The van der Waals surface area contributed by atoms with Crippen LogP contribution in [0.1, 0.15) is 91.4 Å². The largest absolute Gasteiger partial charge is 0.393 e. The lowest BCUT2D eigenvalue weighted by atomic mass is 9.97. The molecular formula is C16H34O2. The van der Waals surface area contributed by atoms with Gasteiger partial charge in [0.05, 0.1) is 11.7 Å². The molecule has 2 N–H and O–H groups in total. The van der Waals surface area contributed by atoms with Gasteiger partial charge in [-0.05, 0) is 33.1 Å². The smallest absolute Gasteiger partial charge is 0.0592 e. The van der Waals surface area contributed by atoms with Crippen LogP contribution in [0.4, 0.5) is 0 Å². The molecular weight excluding hydrogens is 224 g/mol. The molecule has 0 aromatic rings. The standard InChI is InChI=1S/C16H34O2/c1-4-5-6-7-8-9-10-11-12-15(17)13-14-16(2,3)18/h15,17-18H,4-14H2,1-3H3. The number of unbranched alkanes of at least 4 members (excludes halogenated alkanes) is 7. The van der Waals surface area contributed by atoms with Gasteiger partial charge in [-0.15, -0.1) is 0 Å². The summed E-state index contributed by atoms with van der Waals surface area (Å²) < 4.78 is 0. The SMILES string of the molecule is CCCCCCCCCCC(O)CCC(C)(C)O. The summed E-state index contributed by atoms with van der Waals surface area (Å²) in [6, 6.07) is 0. The van der Waals surface area contributed by atoms with Gasteiger partial charge in [-0.1, -0.05) is 58.3 Å². The molecule has 2 nitrogen and oxygen atoms in total. The van der Waals surface area contributed by atoms with Gasteiger partial charge in [-0.25, -0.2) is 0 Å². The monoisotopic (exact) mass is 258 g/mol. The summed E-state index contributed by atoms with van der Waals surface area (Å²) in [6.07, 6.45) is 12.5. The highest BCUT2D eigenvalue weighted by Crippen LogP contribution is 2.16. The zero-order valence-electron chi connectivity index (χ0n) is 12.7. The minimum Gasteiger partial charge on any atom is -0.393 e. The molecule has 0 spiro atoms. The van der Waals surface area contributed by atoms with Crippen LogP contribution >= 0.6 is 0 Å². The maximum atomic E-state index is 9.77. The fourth-order valence-corrected chi connectivity index (χ4v) is 2.18. The zero-order valence-corrected chi connectivity index (χ0v) is 12.7. The van der Waals surface area contributed by atoms with E-state index in [-0.39, 0.29) is 6.10 Å². The predicted octanol–water partition coefficient (Wildman–Crippen LogP) is 4.43. The summed E-state index contributed by atoms with van der Waals surface area (Å²) in [6.45, 7) is 5.85. The Morgan fingerprint density at radius 2 is 1.33 bits per heavy atom. The van der Waals surface area contributed by atoms with E-state index in [4.69, 9.17) is 0 Å². The van der Waals surface area contributed by atoms with E-state index in [1.807, 2.05) is 0 Å². The predicted molar refractivity (Wildman–Crippen MR) is 78.8 cm³/mol. The first-order valence-electron chi connectivity index (χ1n) is 7.86. The van der Waals surface area contributed by atoms with E-state index in [0.29, 0.717) is 6.42 Å². The van der Waals surface area contributed by atoms with Crippen LogP contribution in [-0.4, -0.2) is 21.9 Å². The number of hydrogen-bond acceptors (Lipinski definition) is 2. The topological polar surface area (TPSA) is 40.5 Å². The van der Waals surface area contributed by atoms with Crippen molar-refractivity contribution in [2.75, 3.05) is 0 Å². The summed E-state index contributed by atoms with van der Waals surface area (Å²) in [5.41, 5.74) is -0.639. The Balaban J connectivity index is 3.23. The van der Waals surface area contributed by atoms with Crippen molar-refractivity contribution in [2.45, 2.75) is 103 Å². The Kier molecular flexibility index (Phi) is 10.8. The molecule has 18 heavy (non-hydrogen) atoms. The third-order valence-corrected chi connectivity index (χ3v) is 3.48. The average molecular weight is 258 g/mol. The van der Waals surface area contributed by atoms with Crippen LogP contribution in [0.15, 0.2) is 0 Å². The highest BCUT2D eigenvalue weighted by Gasteiger charge is 2.14. The van der Waals surface area contributed by atoms with Crippen LogP contribution in [0.2, 0.25) is 0 Å². The molecule has 0 aromatic carbocycles. The fraction of sp³-hybridized carbons (Fsp3) is 1.00. The second-order valence-corrected chi connectivity index (χ2v) is 6.27. The number of hydrogen-bond donors (Lipinski definition) is 2. The first kappa shape index (κ1) is 17.9. The van der Waals surface area contributed by atoms with Gasteiger partial charge in [0.2, 0.25) is 0 Å². The Labute approximate surface area is 114 Å². The van der Waals surface area contributed by atoms with Crippen LogP contribution < -0.4 is 0 Å². The van der Waals surface area contributed by atoms with Crippen molar-refractivity contribution in [1.82, 2.24) is 0 Å². The minimum atomic E-state index is -0.639. The molecule has 2 heteroatoms. The summed E-state index contributed by atoms with van der Waals surface area (Å²) in [5.74, 6) is 0. The number of rotatable bonds is 12. The van der Waals surface area contributed by atoms with Gasteiger partial charge in [0.25, 0.3) is 0 Å². The van der Waals surface area contributed by atoms with Gasteiger partial charge in [0.1, 0.15) is 0 Å². The lowest BCUT2D eigenvalue weighted by Crippen LogP contribution is -2.21. The molecule has 0 aromatic heterocycles. The Morgan fingerprint density at radius 1 is 0.833 bits per heavy atom. The Hall–Kier alpha value is -0.0800. The molecule has 0 fully saturated rings. The number of aliphatic hydroxyl groups is 2. The molecule has 0 aliphatic rings. The van der Waals surface area contributed by atoms with Crippen LogP contribution in [-0.2, 0) is 0 Å². The summed E-state index contributed by atoms with van der Waals surface area (Å²) in [5, 5.41) is 19.3. The van der Waals surface area contributed by atoms with Crippen molar-refractivity contribution in [2.24, 2.45) is 0 Å². The number of aliphatic hydroxyl groups excluding tert-OH is 1. The lowest BCUT2D eigenvalue weighted by molar-refractivity contribution is 0.0465. The molecule has 0 aliphatic carbocycles. The molecule has 0 rings (SSSR count). The highest BCUT2D eigenvalue weighted by atomic mass is 16.3. The van der Waals surface area contributed by atoms with Gasteiger partial charge in [0, 0.05) is 0 Å². The molecule has 0 aliphatic heterocycles. The van der Waals surface area contributed by atoms with Crippen molar-refractivity contribution in [3.63, 3.8) is 0 Å². The molecule has 0 saturated heterocycles. The van der Waals surface area contributed by atoms with Crippen LogP contribution in [0.25, 0.3) is 0 Å². The average Bonchev–Trinajstić information content (AvgIpc) is 2.29. The van der Waals surface area contributed by atoms with Crippen molar-refractivity contribution in [3.05, 3.63) is 0 Å². The van der Waals surface area contributed by atoms with E-state index in [1.165, 1.54) is 44.9 Å². The van der Waals surface area contributed by atoms with E-state index < -0.39 is 5.60 Å². The first-order chi connectivity index (χ1) is 8.45. The van der Waals surface area contributed by atoms with Crippen LogP contribution in [0.3, 0.4) is 0 Å². The molecule has 0 radical (unpaired) electrons. The molecule has 1 atom stereocenters. The van der Waals surface area contributed by atoms with E-state index in [9.17, 15) is 10.2 Å². The van der Waals surface area contributed by atoms with Crippen LogP contribution in [0.5, 0.6) is 0 Å². The van der Waals surface area contributed by atoms with Crippen molar-refractivity contribution in [3.8, 4) is 0 Å². The normalized spacial score (nSPS) is 13.8. The van der Waals surface area contributed by atoms with E-state index in [1.54, 1.807) is 13.8 Å². The Morgan fingerprint density at radius 3 is 1.83 bits per heavy atom. The maximum absolute atomic E-state index is 9.77. The maximum Gasteiger partial charge on any atom is 0.0592 e. The second kappa shape index (κ2) is 10.8. The van der Waals surface area contributed by atoms with Gasteiger partial charge in [0.15, 0.2) is 0 Å². The third kappa shape index (κ3) is 14.0. The third-order valence-electron chi connectivity index (χ3n) is 3.48. The fourth-order valence-electron chi connectivity index (χ4n) is 2.18. The summed E-state index contributed by atoms with van der Waals surface area (Å²) in [7, 11) is 0. The summed E-state index contributed by atoms with van der Waals surface area (Å²) >= 11 is 0. The van der Waals surface area contributed by atoms with Crippen molar-refractivity contribution >= 4 is 0 Å². The zero-order chi connectivity index (χ0) is 13.9. The molecule has 0 amide bonds. The lowest BCUT2D eigenvalue weighted by Gasteiger charge is -2.19. The Bertz CT molecular complexity index is 172. The van der Waals surface area contributed by atoms with E-state index in [0.717, 1.165) is 19.3 Å². The van der Waals surface area contributed by atoms with Crippen molar-refractivity contribution < 1.29 is 10.2 Å². The first-order valence-corrected chi connectivity index (χ1v) is 7.86. The second-order valence-electron chi connectivity index (χ2n) is 6.27. The minimum absolute atomic E-state index is 0.225. The molecule has 0 saturated carbocycles. The van der Waals surface area contributed by atoms with Crippen LogP contribution in [0, 0.1) is 0 Å². The van der Waals surface area contributed by atoms with Gasteiger partial charge < -0.3 is 10.2 Å². The van der Waals surface area contributed by atoms with Gasteiger partial charge in [-0.3, -0.25) is 0 Å². The van der Waals surface area contributed by atoms with Gasteiger partial charge in [-0.2, -0.15) is 0 Å². The molecule has 0 bridgehead atoms. The summed E-state index contributed by atoms with van der Waals surface area (Å²) in [4.78, 5) is 0. The quantitative estimate of drug-likeness (QED) is 0.508.